The summed E-state index contributed by atoms with van der Waals surface area (Å²) in [5.41, 5.74) is 2.32. The van der Waals surface area contributed by atoms with Gasteiger partial charge in [-0.3, -0.25) is 24.6 Å². The van der Waals surface area contributed by atoms with Gasteiger partial charge in [-0.05, 0) is 86.9 Å². The van der Waals surface area contributed by atoms with Crippen LogP contribution in [0.4, 0.5) is 10.5 Å². The van der Waals surface area contributed by atoms with Crippen molar-refractivity contribution < 1.29 is 24.0 Å². The Hall–Kier alpha value is -3.90. The molecule has 202 valence electrons. The Labute approximate surface area is 248 Å². The second-order valence-electron chi connectivity index (χ2n) is 8.88. The van der Waals surface area contributed by atoms with Gasteiger partial charge in [-0.15, -0.1) is 0 Å². The number of fused-ring (bicyclic) bond motifs is 1. The molecule has 1 fully saturated rings. The Morgan fingerprint density at radius 1 is 1.00 bits per heavy atom. The Kier molecular flexibility index (Phi) is 8.36. The van der Waals surface area contributed by atoms with Crippen molar-refractivity contribution in [1.82, 2.24) is 4.90 Å². The second kappa shape index (κ2) is 12.1. The highest BCUT2D eigenvalue weighted by atomic mass is 127. The molecule has 0 bridgehead atoms. The topological polar surface area (TPSA) is 99.0 Å². The molecule has 8 nitrogen and oxygen atoms in total. The minimum absolute atomic E-state index is 0.0304. The van der Waals surface area contributed by atoms with Crippen molar-refractivity contribution in [2.75, 3.05) is 6.61 Å². The summed E-state index contributed by atoms with van der Waals surface area (Å²) in [5.74, 6) is 0.738. The lowest BCUT2D eigenvalue weighted by molar-refractivity contribution is -0.384. The molecule has 1 saturated heterocycles. The average molecular weight is 666 g/mol. The molecule has 0 radical (unpaired) electrons. The molecule has 1 aliphatic rings. The predicted octanol–water partition coefficient (Wildman–Crippen LogP) is 7.57. The quantitative estimate of drug-likeness (QED) is 0.0787. The molecular formula is C30H23IN2O6S. The lowest BCUT2D eigenvalue weighted by atomic mass is 10.1. The number of carbonyl (C=O) groups is 2. The van der Waals surface area contributed by atoms with Gasteiger partial charge < -0.3 is 9.47 Å². The highest BCUT2D eigenvalue weighted by Gasteiger charge is 2.35. The van der Waals surface area contributed by atoms with Crippen molar-refractivity contribution in [3.8, 4) is 11.5 Å². The van der Waals surface area contributed by atoms with E-state index in [1.165, 1.54) is 12.1 Å². The molecule has 0 saturated carbocycles. The normalized spacial score (nSPS) is 14.2. The van der Waals surface area contributed by atoms with Crippen LogP contribution in [0.1, 0.15) is 23.6 Å². The summed E-state index contributed by atoms with van der Waals surface area (Å²) in [4.78, 5) is 37.5. The standard InChI is InChI=1S/C30H23IN2O6S/c1-2-38-26-15-20(14-25(31)28(26)39-18-22-8-5-7-21-6-3-4-9-24(21)22)16-27-29(34)32(30(35)40-27)17-19-10-12-23(13-11-19)33(36)37/h3-16H,2,17-18H2,1H3/b27-16-. The number of thioether (sulfide) groups is 1. The van der Waals surface area contributed by atoms with E-state index in [1.54, 1.807) is 24.3 Å². The summed E-state index contributed by atoms with van der Waals surface area (Å²) < 4.78 is 13.0. The van der Waals surface area contributed by atoms with E-state index in [9.17, 15) is 19.7 Å². The summed E-state index contributed by atoms with van der Waals surface area (Å²) in [5, 5.41) is 12.8. The number of imide groups is 1. The van der Waals surface area contributed by atoms with Crippen LogP contribution < -0.4 is 9.47 Å². The highest BCUT2D eigenvalue weighted by molar-refractivity contribution is 14.1. The molecule has 40 heavy (non-hydrogen) atoms. The molecule has 2 amide bonds. The fourth-order valence-corrected chi connectivity index (χ4v) is 5.96. The molecule has 0 N–H and O–H groups in total. The largest absolute Gasteiger partial charge is 0.490 e. The highest BCUT2D eigenvalue weighted by Crippen LogP contribution is 2.38. The Morgan fingerprint density at radius 3 is 2.50 bits per heavy atom. The smallest absolute Gasteiger partial charge is 0.293 e. The number of non-ortho nitro benzene ring substituents is 1. The lowest BCUT2D eigenvalue weighted by Gasteiger charge is -2.16. The zero-order valence-corrected chi connectivity index (χ0v) is 24.3. The number of carbonyl (C=O) groups excluding carboxylic acids is 2. The summed E-state index contributed by atoms with van der Waals surface area (Å²) in [6.45, 7) is 2.70. The predicted molar refractivity (Wildman–Crippen MR) is 163 cm³/mol. The second-order valence-corrected chi connectivity index (χ2v) is 11.0. The van der Waals surface area contributed by atoms with Gasteiger partial charge in [0.25, 0.3) is 16.8 Å². The van der Waals surface area contributed by atoms with Crippen LogP contribution in [0.15, 0.2) is 83.8 Å². The summed E-state index contributed by atoms with van der Waals surface area (Å²) in [6.07, 6.45) is 1.67. The van der Waals surface area contributed by atoms with Crippen LogP contribution in [0.2, 0.25) is 0 Å². The zero-order valence-electron chi connectivity index (χ0n) is 21.3. The molecule has 10 heteroatoms. The number of rotatable bonds is 9. The average Bonchev–Trinajstić information content (AvgIpc) is 3.20. The first kappa shape index (κ1) is 27.7. The van der Waals surface area contributed by atoms with Gasteiger partial charge in [0, 0.05) is 12.1 Å². The summed E-state index contributed by atoms with van der Waals surface area (Å²) in [7, 11) is 0. The van der Waals surface area contributed by atoms with Crippen molar-refractivity contribution in [2.24, 2.45) is 0 Å². The van der Waals surface area contributed by atoms with Crippen LogP contribution in [-0.4, -0.2) is 27.6 Å². The Balaban J connectivity index is 1.36. The molecule has 0 spiro atoms. The van der Waals surface area contributed by atoms with Crippen molar-refractivity contribution in [1.29, 1.82) is 0 Å². The van der Waals surface area contributed by atoms with E-state index in [2.05, 4.69) is 40.8 Å². The number of hydrogen-bond donors (Lipinski definition) is 0. The van der Waals surface area contributed by atoms with Gasteiger partial charge in [0.1, 0.15) is 6.61 Å². The molecule has 0 unspecified atom stereocenters. The van der Waals surface area contributed by atoms with E-state index in [0.29, 0.717) is 35.8 Å². The number of nitro benzene ring substituents is 1. The van der Waals surface area contributed by atoms with Crippen LogP contribution in [0.25, 0.3) is 16.8 Å². The number of benzene rings is 4. The molecule has 4 aromatic carbocycles. The van der Waals surface area contributed by atoms with Crippen molar-refractivity contribution in [2.45, 2.75) is 20.1 Å². The van der Waals surface area contributed by atoms with Gasteiger partial charge >= 0.3 is 0 Å². The maximum absolute atomic E-state index is 13.1. The minimum Gasteiger partial charge on any atom is -0.490 e. The van der Waals surface area contributed by atoms with Gasteiger partial charge in [-0.1, -0.05) is 54.6 Å². The van der Waals surface area contributed by atoms with Crippen LogP contribution in [0.5, 0.6) is 11.5 Å². The van der Waals surface area contributed by atoms with E-state index in [0.717, 1.165) is 36.6 Å². The Morgan fingerprint density at radius 2 is 1.75 bits per heavy atom. The summed E-state index contributed by atoms with van der Waals surface area (Å²) >= 11 is 3.04. The first-order valence-corrected chi connectivity index (χ1v) is 14.3. The van der Waals surface area contributed by atoms with E-state index < -0.39 is 16.1 Å². The van der Waals surface area contributed by atoms with Gasteiger partial charge in [-0.25, -0.2) is 0 Å². The first-order chi connectivity index (χ1) is 19.3. The first-order valence-electron chi connectivity index (χ1n) is 12.4. The van der Waals surface area contributed by atoms with Crippen molar-refractivity contribution in [3.63, 3.8) is 0 Å². The van der Waals surface area contributed by atoms with Gasteiger partial charge in [0.05, 0.1) is 26.6 Å². The van der Waals surface area contributed by atoms with E-state index in [-0.39, 0.29) is 17.1 Å². The van der Waals surface area contributed by atoms with Crippen LogP contribution in [0, 0.1) is 13.7 Å². The molecule has 4 aromatic rings. The van der Waals surface area contributed by atoms with Gasteiger partial charge in [0.2, 0.25) is 0 Å². The van der Waals surface area contributed by atoms with E-state index >= 15 is 0 Å². The number of nitrogens with zero attached hydrogens (tertiary/aromatic N) is 2. The third-order valence-corrected chi connectivity index (χ3v) is 7.95. The molecule has 0 atom stereocenters. The van der Waals surface area contributed by atoms with Crippen LogP contribution in [0.3, 0.4) is 0 Å². The monoisotopic (exact) mass is 666 g/mol. The van der Waals surface area contributed by atoms with Crippen molar-refractivity contribution >= 4 is 68.0 Å². The number of nitro groups is 1. The maximum atomic E-state index is 13.1. The minimum atomic E-state index is -0.496. The van der Waals surface area contributed by atoms with Crippen LogP contribution >= 0.6 is 34.4 Å². The lowest BCUT2D eigenvalue weighted by Crippen LogP contribution is -2.27. The fourth-order valence-electron chi connectivity index (χ4n) is 4.34. The van der Waals surface area contributed by atoms with Gasteiger partial charge in [0.15, 0.2) is 11.5 Å². The number of hydrogen-bond acceptors (Lipinski definition) is 7. The van der Waals surface area contributed by atoms with Gasteiger partial charge in [-0.2, -0.15) is 0 Å². The van der Waals surface area contributed by atoms with E-state index in [4.69, 9.17) is 9.47 Å². The fraction of sp³-hybridized carbons (Fsp3) is 0.133. The SMILES string of the molecule is CCOc1cc(/C=C2\SC(=O)N(Cc3ccc([N+](=O)[O-])cc3)C2=O)cc(I)c1OCc1cccc2ccccc12. The molecule has 0 aliphatic carbocycles. The molecule has 1 aliphatic heterocycles. The third-order valence-electron chi connectivity index (χ3n) is 6.24. The summed E-state index contributed by atoms with van der Waals surface area (Å²) in [6, 6.07) is 23.7. The van der Waals surface area contributed by atoms with E-state index in [1.807, 2.05) is 37.3 Å². The molecule has 5 rings (SSSR count). The van der Waals surface area contributed by atoms with Crippen molar-refractivity contribution in [3.05, 3.63) is 114 Å². The zero-order chi connectivity index (χ0) is 28.2. The molecule has 1 heterocycles. The van der Waals surface area contributed by atoms with Crippen LogP contribution in [-0.2, 0) is 17.9 Å². The number of halogens is 1. The molecule has 0 aromatic heterocycles. The number of ether oxygens (including phenoxy) is 2. The molecular weight excluding hydrogens is 643 g/mol. The Bertz CT molecular complexity index is 1650. The third kappa shape index (κ3) is 5.97. The number of amides is 2. The maximum Gasteiger partial charge on any atom is 0.293 e.